The van der Waals surface area contributed by atoms with Gasteiger partial charge in [0, 0.05) is 24.0 Å². The average Bonchev–Trinajstić information content (AvgIpc) is 2.48. The molecule has 1 aromatic heterocycles. The van der Waals surface area contributed by atoms with Gasteiger partial charge in [0.05, 0.1) is 7.11 Å². The van der Waals surface area contributed by atoms with Gasteiger partial charge in [0.1, 0.15) is 0 Å². The minimum absolute atomic E-state index is 0.0856. The summed E-state index contributed by atoms with van der Waals surface area (Å²) in [4.78, 5) is 4.00. The van der Waals surface area contributed by atoms with Gasteiger partial charge in [0.25, 0.3) is 0 Å². The second-order valence-corrected chi connectivity index (χ2v) is 4.53. The van der Waals surface area contributed by atoms with Crippen LogP contribution in [0.15, 0.2) is 42.7 Å². The predicted molar refractivity (Wildman–Crippen MR) is 77.3 cm³/mol. The fraction of sp³-hybridized carbons (Fsp3) is 0.312. The van der Waals surface area contributed by atoms with E-state index >= 15 is 0 Å². The molecule has 0 amide bonds. The van der Waals surface area contributed by atoms with E-state index in [0.717, 1.165) is 12.1 Å². The van der Waals surface area contributed by atoms with Crippen LogP contribution in [0.2, 0.25) is 0 Å². The van der Waals surface area contributed by atoms with E-state index in [1.165, 1.54) is 7.11 Å². The number of rotatable bonds is 6. The molecule has 0 aliphatic rings. The predicted octanol–water partition coefficient (Wildman–Crippen LogP) is 3.12. The summed E-state index contributed by atoms with van der Waals surface area (Å²) < 4.78 is 19.4. The van der Waals surface area contributed by atoms with E-state index in [1.54, 1.807) is 24.5 Å². The third kappa shape index (κ3) is 3.33. The number of aromatic nitrogens is 1. The van der Waals surface area contributed by atoms with Crippen molar-refractivity contribution in [3.63, 3.8) is 0 Å². The number of nitrogens with one attached hydrogen (secondary N) is 1. The van der Waals surface area contributed by atoms with Crippen LogP contribution in [0.3, 0.4) is 0 Å². The number of methoxy groups -OCH3 is 1. The lowest BCUT2D eigenvalue weighted by molar-refractivity contribution is 0.379. The molecule has 1 unspecified atom stereocenters. The van der Waals surface area contributed by atoms with Gasteiger partial charge in [0.2, 0.25) is 0 Å². The number of ether oxygens (including phenoxy) is 1. The third-order valence-corrected chi connectivity index (χ3v) is 3.23. The van der Waals surface area contributed by atoms with Crippen LogP contribution in [-0.2, 0) is 6.42 Å². The summed E-state index contributed by atoms with van der Waals surface area (Å²) in [5.74, 6) is -0.0184. The number of likely N-dealkylation sites (N-methyl/N-ethyl adjacent to an activating group) is 1. The number of pyridine rings is 1. The summed E-state index contributed by atoms with van der Waals surface area (Å²) >= 11 is 0. The topological polar surface area (TPSA) is 34.2 Å². The molecule has 0 radical (unpaired) electrons. The first-order valence-electron chi connectivity index (χ1n) is 6.71. The number of hydrogen-bond donors (Lipinski definition) is 1. The van der Waals surface area contributed by atoms with Crippen LogP contribution in [0.1, 0.15) is 24.1 Å². The average molecular weight is 274 g/mol. The molecule has 0 aliphatic heterocycles. The number of nitrogens with zero attached hydrogens (tertiary/aromatic N) is 1. The molecule has 4 heteroatoms. The minimum Gasteiger partial charge on any atom is -0.494 e. The van der Waals surface area contributed by atoms with Gasteiger partial charge in [-0.2, -0.15) is 0 Å². The SMILES string of the molecule is CCNC(Cc1ccncc1)c1cccc(OC)c1F. The van der Waals surface area contributed by atoms with Gasteiger partial charge in [-0.25, -0.2) is 4.39 Å². The van der Waals surface area contributed by atoms with E-state index < -0.39 is 0 Å². The number of halogens is 1. The fourth-order valence-corrected chi connectivity index (χ4v) is 2.25. The normalized spacial score (nSPS) is 12.2. The number of hydrogen-bond acceptors (Lipinski definition) is 3. The molecule has 0 saturated heterocycles. The maximum atomic E-state index is 14.4. The largest absolute Gasteiger partial charge is 0.494 e. The van der Waals surface area contributed by atoms with E-state index in [9.17, 15) is 4.39 Å². The van der Waals surface area contributed by atoms with E-state index in [4.69, 9.17) is 4.74 Å². The van der Waals surface area contributed by atoms with Crippen LogP contribution in [0.4, 0.5) is 4.39 Å². The van der Waals surface area contributed by atoms with Gasteiger partial charge in [-0.05, 0) is 36.7 Å². The van der Waals surface area contributed by atoms with Crippen molar-refractivity contribution in [2.45, 2.75) is 19.4 Å². The molecule has 0 fully saturated rings. The van der Waals surface area contributed by atoms with Gasteiger partial charge in [-0.15, -0.1) is 0 Å². The third-order valence-electron chi connectivity index (χ3n) is 3.23. The molecule has 1 aromatic carbocycles. The van der Waals surface area contributed by atoms with Crippen molar-refractivity contribution in [2.24, 2.45) is 0 Å². The highest BCUT2D eigenvalue weighted by Gasteiger charge is 2.18. The first-order chi connectivity index (χ1) is 9.76. The molecule has 1 heterocycles. The van der Waals surface area contributed by atoms with E-state index in [2.05, 4.69) is 10.3 Å². The van der Waals surface area contributed by atoms with Crippen LogP contribution in [0, 0.1) is 5.82 Å². The summed E-state index contributed by atoms with van der Waals surface area (Å²) in [7, 11) is 1.48. The zero-order valence-electron chi connectivity index (χ0n) is 11.8. The van der Waals surface area contributed by atoms with Crippen molar-refractivity contribution < 1.29 is 9.13 Å². The summed E-state index contributed by atoms with van der Waals surface area (Å²) in [6.45, 7) is 2.78. The lowest BCUT2D eigenvalue weighted by Crippen LogP contribution is -2.24. The van der Waals surface area contributed by atoms with Gasteiger partial charge in [0.15, 0.2) is 11.6 Å². The Hall–Kier alpha value is -1.94. The van der Waals surface area contributed by atoms with E-state index in [0.29, 0.717) is 12.0 Å². The molecular formula is C16H19FN2O. The molecule has 0 saturated carbocycles. The van der Waals surface area contributed by atoms with Crippen molar-refractivity contribution in [3.8, 4) is 5.75 Å². The van der Waals surface area contributed by atoms with E-state index in [1.807, 2.05) is 25.1 Å². The standard InChI is InChI=1S/C16H19FN2O/c1-3-19-14(11-12-7-9-18-10-8-12)13-5-4-6-15(20-2)16(13)17/h4-10,14,19H,3,11H2,1-2H3. The second-order valence-electron chi connectivity index (χ2n) is 4.53. The van der Waals surface area contributed by atoms with Crippen LogP contribution < -0.4 is 10.1 Å². The molecule has 1 atom stereocenters. The molecule has 1 N–H and O–H groups in total. The Balaban J connectivity index is 2.29. The van der Waals surface area contributed by atoms with Crippen LogP contribution in [0.5, 0.6) is 5.75 Å². The van der Waals surface area contributed by atoms with E-state index in [-0.39, 0.29) is 17.6 Å². The molecule has 106 valence electrons. The zero-order chi connectivity index (χ0) is 14.4. The maximum Gasteiger partial charge on any atom is 0.169 e. The molecule has 2 aromatic rings. The lowest BCUT2D eigenvalue weighted by Gasteiger charge is -2.20. The van der Waals surface area contributed by atoms with Gasteiger partial charge < -0.3 is 10.1 Å². The monoisotopic (exact) mass is 274 g/mol. The highest BCUT2D eigenvalue weighted by Crippen LogP contribution is 2.27. The second kappa shape index (κ2) is 7.01. The Morgan fingerprint density at radius 3 is 2.65 bits per heavy atom. The summed E-state index contributed by atoms with van der Waals surface area (Å²) in [5, 5.41) is 3.32. The highest BCUT2D eigenvalue weighted by atomic mass is 19.1. The van der Waals surface area contributed by atoms with Crippen molar-refractivity contribution in [2.75, 3.05) is 13.7 Å². The number of benzene rings is 1. The van der Waals surface area contributed by atoms with Crippen LogP contribution in [0.25, 0.3) is 0 Å². The molecule has 0 spiro atoms. The lowest BCUT2D eigenvalue weighted by atomic mass is 9.98. The maximum absolute atomic E-state index is 14.4. The van der Waals surface area contributed by atoms with Crippen molar-refractivity contribution in [1.82, 2.24) is 10.3 Å². The molecule has 2 rings (SSSR count). The van der Waals surface area contributed by atoms with Crippen molar-refractivity contribution in [1.29, 1.82) is 0 Å². The minimum atomic E-state index is -0.296. The fourth-order valence-electron chi connectivity index (χ4n) is 2.25. The first-order valence-corrected chi connectivity index (χ1v) is 6.71. The van der Waals surface area contributed by atoms with Crippen molar-refractivity contribution in [3.05, 3.63) is 59.7 Å². The quantitative estimate of drug-likeness (QED) is 0.878. The van der Waals surface area contributed by atoms with Gasteiger partial charge in [-0.1, -0.05) is 19.1 Å². The van der Waals surface area contributed by atoms with Crippen LogP contribution >= 0.6 is 0 Å². The Bertz CT molecular complexity index is 545. The summed E-state index contributed by atoms with van der Waals surface area (Å²) in [5.41, 5.74) is 1.75. The molecule has 20 heavy (non-hydrogen) atoms. The smallest absolute Gasteiger partial charge is 0.169 e. The summed E-state index contributed by atoms with van der Waals surface area (Å²) in [6, 6.07) is 9.05. The molecule has 0 bridgehead atoms. The van der Waals surface area contributed by atoms with Crippen molar-refractivity contribution >= 4 is 0 Å². The van der Waals surface area contributed by atoms with Gasteiger partial charge >= 0.3 is 0 Å². The zero-order valence-corrected chi connectivity index (χ0v) is 11.8. The summed E-state index contributed by atoms with van der Waals surface area (Å²) in [6.07, 6.45) is 4.21. The van der Waals surface area contributed by atoms with Crippen LogP contribution in [-0.4, -0.2) is 18.6 Å². The van der Waals surface area contributed by atoms with Gasteiger partial charge in [-0.3, -0.25) is 4.98 Å². The Morgan fingerprint density at radius 2 is 2.00 bits per heavy atom. The Morgan fingerprint density at radius 1 is 1.25 bits per heavy atom. The molecule has 3 nitrogen and oxygen atoms in total. The highest BCUT2D eigenvalue weighted by molar-refractivity contribution is 5.34. The Kier molecular flexibility index (Phi) is 5.07. The molecule has 0 aliphatic carbocycles. The molecular weight excluding hydrogens is 255 g/mol. The Labute approximate surface area is 118 Å². The first kappa shape index (κ1) is 14.5.